The van der Waals surface area contributed by atoms with Crippen molar-refractivity contribution in [1.82, 2.24) is 19.9 Å². The van der Waals surface area contributed by atoms with Gasteiger partial charge in [0.2, 0.25) is 5.91 Å². The summed E-state index contributed by atoms with van der Waals surface area (Å²) >= 11 is 0. The number of ether oxygens (including phenoxy) is 2. The van der Waals surface area contributed by atoms with Crippen molar-refractivity contribution in [2.75, 3.05) is 14.2 Å². The third-order valence-corrected chi connectivity index (χ3v) is 4.76. The number of hydrogen-bond acceptors (Lipinski definition) is 5. The van der Waals surface area contributed by atoms with E-state index in [4.69, 9.17) is 9.47 Å². The summed E-state index contributed by atoms with van der Waals surface area (Å²) in [5.74, 6) is 0.978. The van der Waals surface area contributed by atoms with Gasteiger partial charge in [-0.15, -0.1) is 0 Å². The van der Waals surface area contributed by atoms with Crippen LogP contribution >= 0.6 is 0 Å². The molecule has 0 radical (unpaired) electrons. The maximum Gasteiger partial charge on any atom is 0.278 e. The van der Waals surface area contributed by atoms with Crippen molar-refractivity contribution in [3.63, 3.8) is 0 Å². The summed E-state index contributed by atoms with van der Waals surface area (Å²) in [6.07, 6.45) is 1.40. The van der Waals surface area contributed by atoms with Crippen LogP contribution in [0.5, 0.6) is 11.5 Å². The monoisotopic (exact) mass is 392 g/mol. The normalized spacial score (nSPS) is 11.0. The van der Waals surface area contributed by atoms with Gasteiger partial charge in [-0.3, -0.25) is 14.2 Å². The van der Waals surface area contributed by atoms with Crippen molar-refractivity contribution in [2.45, 2.75) is 13.1 Å². The molecular formula is C21H20N4O4. The lowest BCUT2D eigenvalue weighted by Gasteiger charge is -2.12. The van der Waals surface area contributed by atoms with Gasteiger partial charge < -0.3 is 19.8 Å². The first-order chi connectivity index (χ1) is 14.1. The van der Waals surface area contributed by atoms with Crippen molar-refractivity contribution < 1.29 is 14.3 Å². The first-order valence-corrected chi connectivity index (χ1v) is 9.04. The Hall–Kier alpha value is -3.81. The lowest BCUT2D eigenvalue weighted by atomic mass is 10.2. The minimum atomic E-state index is -0.303. The van der Waals surface area contributed by atoms with Crippen LogP contribution in [0.1, 0.15) is 5.56 Å². The molecule has 2 aromatic carbocycles. The second-order valence-corrected chi connectivity index (χ2v) is 6.53. The zero-order valence-electron chi connectivity index (χ0n) is 16.1. The Labute approximate surface area is 166 Å². The smallest absolute Gasteiger partial charge is 0.278 e. The molecule has 0 unspecified atom stereocenters. The standard InChI is InChI=1S/C21H20N4O4/c1-28-14-8-7-13(17(9-14)29-2)10-22-18(26)11-25-12-23-19-15-5-3-4-6-16(15)24-20(19)21(25)27/h3-9,12,24H,10-11H2,1-2H3,(H,22,26). The molecule has 2 aromatic heterocycles. The molecule has 4 rings (SSSR count). The second-order valence-electron chi connectivity index (χ2n) is 6.53. The molecular weight excluding hydrogens is 372 g/mol. The predicted octanol–water partition coefficient (Wildman–Crippen LogP) is 2.21. The molecule has 1 amide bonds. The molecule has 0 bridgehead atoms. The molecule has 0 spiro atoms. The number of carbonyl (C=O) groups excluding carboxylic acids is 1. The molecule has 8 heteroatoms. The van der Waals surface area contributed by atoms with Crippen LogP contribution in [0.25, 0.3) is 21.9 Å². The van der Waals surface area contributed by atoms with Crippen LogP contribution in [0.4, 0.5) is 0 Å². The zero-order chi connectivity index (χ0) is 20.4. The number of hydrogen-bond donors (Lipinski definition) is 2. The number of para-hydroxylation sites is 1. The lowest BCUT2D eigenvalue weighted by Crippen LogP contribution is -2.32. The van der Waals surface area contributed by atoms with Crippen molar-refractivity contribution >= 4 is 27.8 Å². The summed E-state index contributed by atoms with van der Waals surface area (Å²) in [7, 11) is 3.13. The molecule has 0 saturated carbocycles. The van der Waals surface area contributed by atoms with Crippen molar-refractivity contribution in [3.8, 4) is 11.5 Å². The van der Waals surface area contributed by atoms with E-state index in [1.807, 2.05) is 30.3 Å². The summed E-state index contributed by atoms with van der Waals surface area (Å²) in [4.78, 5) is 32.6. The Morgan fingerprint density at radius 1 is 1.17 bits per heavy atom. The Morgan fingerprint density at radius 3 is 2.79 bits per heavy atom. The van der Waals surface area contributed by atoms with Gasteiger partial charge in [0.15, 0.2) is 0 Å². The van der Waals surface area contributed by atoms with Crippen molar-refractivity contribution in [1.29, 1.82) is 0 Å². The summed E-state index contributed by atoms with van der Waals surface area (Å²) < 4.78 is 11.8. The van der Waals surface area contributed by atoms with Gasteiger partial charge in [0.1, 0.15) is 29.1 Å². The number of benzene rings is 2. The van der Waals surface area contributed by atoms with Crippen LogP contribution in [0, 0.1) is 0 Å². The molecule has 2 N–H and O–H groups in total. The fourth-order valence-electron chi connectivity index (χ4n) is 3.25. The van der Waals surface area contributed by atoms with Gasteiger partial charge >= 0.3 is 0 Å². The SMILES string of the molecule is COc1ccc(CNC(=O)Cn2cnc3c([nH]c4ccccc43)c2=O)c(OC)c1. The van der Waals surface area contributed by atoms with E-state index < -0.39 is 0 Å². The second kappa shape index (κ2) is 7.67. The van der Waals surface area contributed by atoms with E-state index in [0.29, 0.717) is 22.5 Å². The van der Waals surface area contributed by atoms with Gasteiger partial charge in [-0.2, -0.15) is 0 Å². The van der Waals surface area contributed by atoms with Gasteiger partial charge in [0, 0.05) is 29.1 Å². The largest absolute Gasteiger partial charge is 0.497 e. The number of methoxy groups -OCH3 is 2. The molecule has 8 nitrogen and oxygen atoms in total. The third-order valence-electron chi connectivity index (χ3n) is 4.76. The summed E-state index contributed by atoms with van der Waals surface area (Å²) in [6, 6.07) is 12.9. The van der Waals surface area contributed by atoms with Crippen LogP contribution in [0.15, 0.2) is 53.6 Å². The van der Waals surface area contributed by atoms with Crippen LogP contribution in [-0.4, -0.2) is 34.7 Å². The van der Waals surface area contributed by atoms with Crippen molar-refractivity contribution in [2.24, 2.45) is 0 Å². The molecule has 0 aliphatic heterocycles. The van der Waals surface area contributed by atoms with Crippen LogP contribution in [0.2, 0.25) is 0 Å². The van der Waals surface area contributed by atoms with Gasteiger partial charge in [-0.1, -0.05) is 18.2 Å². The first-order valence-electron chi connectivity index (χ1n) is 9.04. The molecule has 29 heavy (non-hydrogen) atoms. The number of aromatic nitrogens is 3. The average Bonchev–Trinajstić information content (AvgIpc) is 3.13. The number of carbonyl (C=O) groups is 1. The highest BCUT2D eigenvalue weighted by Gasteiger charge is 2.13. The number of rotatable bonds is 6. The Bertz CT molecular complexity index is 1260. The maximum absolute atomic E-state index is 12.8. The summed E-state index contributed by atoms with van der Waals surface area (Å²) in [5.41, 5.74) is 2.34. The van der Waals surface area contributed by atoms with E-state index in [0.717, 1.165) is 16.5 Å². The minimum absolute atomic E-state index is 0.129. The van der Waals surface area contributed by atoms with E-state index in [-0.39, 0.29) is 24.6 Å². The molecule has 2 heterocycles. The number of nitrogens with zero attached hydrogens (tertiary/aromatic N) is 2. The highest BCUT2D eigenvalue weighted by atomic mass is 16.5. The van der Waals surface area contributed by atoms with E-state index in [1.165, 1.54) is 10.9 Å². The number of aromatic amines is 1. The molecule has 4 aromatic rings. The molecule has 0 saturated heterocycles. The molecule has 0 atom stereocenters. The first kappa shape index (κ1) is 18.5. The lowest BCUT2D eigenvalue weighted by molar-refractivity contribution is -0.121. The Kier molecular flexibility index (Phi) is 4.90. The molecule has 148 valence electrons. The summed E-state index contributed by atoms with van der Waals surface area (Å²) in [5, 5.41) is 3.68. The number of fused-ring (bicyclic) bond motifs is 3. The van der Waals surface area contributed by atoms with Crippen molar-refractivity contribution in [3.05, 3.63) is 64.7 Å². The van der Waals surface area contributed by atoms with Gasteiger partial charge in [0.25, 0.3) is 5.56 Å². The van der Waals surface area contributed by atoms with Gasteiger partial charge in [-0.05, 0) is 18.2 Å². The van der Waals surface area contributed by atoms with Crippen LogP contribution < -0.4 is 20.3 Å². The Morgan fingerprint density at radius 2 is 2.00 bits per heavy atom. The summed E-state index contributed by atoms with van der Waals surface area (Å²) in [6.45, 7) is 0.137. The molecule has 0 aliphatic rings. The maximum atomic E-state index is 12.8. The molecule has 0 aliphatic carbocycles. The number of nitrogens with one attached hydrogen (secondary N) is 2. The van der Waals surface area contributed by atoms with Gasteiger partial charge in [-0.25, -0.2) is 4.98 Å². The number of H-pyrrole nitrogens is 1. The zero-order valence-corrected chi connectivity index (χ0v) is 16.1. The Balaban J connectivity index is 1.51. The number of amides is 1. The predicted molar refractivity (Wildman–Crippen MR) is 109 cm³/mol. The quantitative estimate of drug-likeness (QED) is 0.524. The van der Waals surface area contributed by atoms with Crippen LogP contribution in [-0.2, 0) is 17.9 Å². The van der Waals surface area contributed by atoms with E-state index in [1.54, 1.807) is 26.4 Å². The topological polar surface area (TPSA) is 98.2 Å². The minimum Gasteiger partial charge on any atom is -0.497 e. The van der Waals surface area contributed by atoms with E-state index >= 15 is 0 Å². The fourth-order valence-corrected chi connectivity index (χ4v) is 3.25. The highest BCUT2D eigenvalue weighted by molar-refractivity contribution is 6.04. The van der Waals surface area contributed by atoms with E-state index in [9.17, 15) is 9.59 Å². The average molecular weight is 392 g/mol. The van der Waals surface area contributed by atoms with Crippen LogP contribution in [0.3, 0.4) is 0 Å². The highest BCUT2D eigenvalue weighted by Crippen LogP contribution is 2.24. The third kappa shape index (κ3) is 3.52. The molecule has 0 fully saturated rings. The van der Waals surface area contributed by atoms with Gasteiger partial charge in [0.05, 0.1) is 20.5 Å². The van der Waals surface area contributed by atoms with E-state index in [2.05, 4.69) is 15.3 Å². The fraction of sp³-hybridized carbons (Fsp3) is 0.190.